The first kappa shape index (κ1) is 6.18. The van der Waals surface area contributed by atoms with Crippen molar-refractivity contribution in [2.24, 2.45) is 11.8 Å². The first-order valence-electron chi connectivity index (χ1n) is 3.93. The highest BCUT2D eigenvalue weighted by atomic mass is 16.5. The van der Waals surface area contributed by atoms with Gasteiger partial charge in [0.05, 0.1) is 18.1 Å². The number of rotatable bonds is 1. The summed E-state index contributed by atoms with van der Waals surface area (Å²) in [6.45, 7) is 0.805. The van der Waals surface area contributed by atoms with Gasteiger partial charge in [-0.05, 0) is 25.2 Å². The summed E-state index contributed by atoms with van der Waals surface area (Å²) in [5.74, 6) is 0.930. The third kappa shape index (κ3) is 0.911. The van der Waals surface area contributed by atoms with Crippen molar-refractivity contribution in [2.75, 3.05) is 6.61 Å². The summed E-state index contributed by atoms with van der Waals surface area (Å²) in [6.07, 6.45) is 3.81. The van der Waals surface area contributed by atoms with E-state index in [0.717, 1.165) is 18.9 Å². The molecule has 54 valence electrons. The van der Waals surface area contributed by atoms with Gasteiger partial charge in [-0.2, -0.15) is 5.26 Å². The Hall–Kier alpha value is -0.550. The molecule has 2 atom stereocenters. The fraction of sp³-hybridized carbons (Fsp3) is 0.875. The first-order valence-corrected chi connectivity index (χ1v) is 3.93. The summed E-state index contributed by atoms with van der Waals surface area (Å²) in [4.78, 5) is 0. The van der Waals surface area contributed by atoms with E-state index in [1.165, 1.54) is 12.8 Å². The molecule has 1 aliphatic heterocycles. The predicted molar refractivity (Wildman–Crippen MR) is 36.2 cm³/mol. The molecule has 1 aliphatic carbocycles. The lowest BCUT2D eigenvalue weighted by atomic mass is 10.0. The molecule has 0 N–H and O–H groups in total. The number of hydrogen-bond donors (Lipinski definition) is 0. The maximum atomic E-state index is 8.68. The van der Waals surface area contributed by atoms with Gasteiger partial charge in [-0.3, -0.25) is 0 Å². The number of ether oxygens (including phenoxy) is 1. The molecule has 10 heavy (non-hydrogen) atoms. The van der Waals surface area contributed by atoms with Crippen molar-refractivity contribution in [3.8, 4) is 6.07 Å². The van der Waals surface area contributed by atoms with E-state index in [1.54, 1.807) is 0 Å². The second-order valence-electron chi connectivity index (χ2n) is 3.20. The Morgan fingerprint density at radius 2 is 2.10 bits per heavy atom. The average molecular weight is 137 g/mol. The van der Waals surface area contributed by atoms with Crippen molar-refractivity contribution in [1.29, 1.82) is 5.26 Å². The minimum Gasteiger partial charge on any atom is -0.377 e. The molecule has 1 heterocycles. The molecular formula is C8H11NO. The average Bonchev–Trinajstić information content (AvgIpc) is 2.69. The van der Waals surface area contributed by atoms with Gasteiger partial charge < -0.3 is 4.74 Å². The zero-order valence-electron chi connectivity index (χ0n) is 5.92. The summed E-state index contributed by atoms with van der Waals surface area (Å²) in [5.41, 5.74) is 0. The third-order valence-electron chi connectivity index (χ3n) is 2.39. The first-order chi connectivity index (χ1) is 4.92. The van der Waals surface area contributed by atoms with Crippen LogP contribution in [0.4, 0.5) is 0 Å². The molecule has 2 rings (SSSR count). The largest absolute Gasteiger partial charge is 0.377 e. The van der Waals surface area contributed by atoms with Crippen LogP contribution >= 0.6 is 0 Å². The zero-order chi connectivity index (χ0) is 6.97. The van der Waals surface area contributed by atoms with Crippen LogP contribution in [0.5, 0.6) is 0 Å². The Bertz CT molecular complexity index is 169. The Labute approximate surface area is 60.8 Å². The normalized spacial score (nSPS) is 39.5. The maximum Gasteiger partial charge on any atom is 0.0762 e. The lowest BCUT2D eigenvalue weighted by Gasteiger charge is -2.09. The lowest BCUT2D eigenvalue weighted by Crippen LogP contribution is -2.16. The van der Waals surface area contributed by atoms with Crippen molar-refractivity contribution < 1.29 is 4.74 Å². The topological polar surface area (TPSA) is 33.0 Å². The van der Waals surface area contributed by atoms with Crippen LogP contribution in [-0.2, 0) is 4.74 Å². The Balaban J connectivity index is 1.99. The molecule has 0 radical (unpaired) electrons. The van der Waals surface area contributed by atoms with E-state index in [-0.39, 0.29) is 5.92 Å². The monoisotopic (exact) mass is 137 g/mol. The SMILES string of the molecule is N#CC1CCOC1C1CC1. The summed E-state index contributed by atoms with van der Waals surface area (Å²) in [6, 6.07) is 2.31. The minimum absolute atomic E-state index is 0.201. The lowest BCUT2D eigenvalue weighted by molar-refractivity contribution is 0.0828. The zero-order valence-corrected chi connectivity index (χ0v) is 5.92. The molecule has 0 aromatic carbocycles. The standard InChI is InChI=1S/C8H11NO/c9-5-7-3-4-10-8(7)6-1-2-6/h6-8H,1-4H2. The van der Waals surface area contributed by atoms with E-state index in [1.807, 2.05) is 0 Å². The van der Waals surface area contributed by atoms with Crippen molar-refractivity contribution in [3.63, 3.8) is 0 Å². The van der Waals surface area contributed by atoms with Gasteiger partial charge in [0.1, 0.15) is 0 Å². The van der Waals surface area contributed by atoms with Gasteiger partial charge >= 0.3 is 0 Å². The van der Waals surface area contributed by atoms with Crippen molar-refractivity contribution >= 4 is 0 Å². The van der Waals surface area contributed by atoms with E-state index in [2.05, 4.69) is 6.07 Å². The molecule has 1 saturated heterocycles. The van der Waals surface area contributed by atoms with E-state index in [9.17, 15) is 0 Å². The highest BCUT2D eigenvalue weighted by Gasteiger charge is 2.40. The van der Waals surface area contributed by atoms with Crippen molar-refractivity contribution in [3.05, 3.63) is 0 Å². The summed E-state index contributed by atoms with van der Waals surface area (Å²) in [7, 11) is 0. The summed E-state index contributed by atoms with van der Waals surface area (Å²) in [5, 5.41) is 8.68. The van der Waals surface area contributed by atoms with E-state index < -0.39 is 0 Å². The number of nitrogens with zero attached hydrogens (tertiary/aromatic N) is 1. The van der Waals surface area contributed by atoms with Crippen LogP contribution in [0.25, 0.3) is 0 Å². The molecule has 0 bridgehead atoms. The maximum absolute atomic E-state index is 8.68. The predicted octanol–water partition coefficient (Wildman–Crippen LogP) is 1.33. The summed E-state index contributed by atoms with van der Waals surface area (Å²) >= 11 is 0. The van der Waals surface area contributed by atoms with Gasteiger partial charge in [-0.25, -0.2) is 0 Å². The minimum atomic E-state index is 0.201. The summed E-state index contributed by atoms with van der Waals surface area (Å²) < 4.78 is 5.46. The molecule has 2 fully saturated rings. The van der Waals surface area contributed by atoms with Crippen molar-refractivity contribution in [1.82, 2.24) is 0 Å². The van der Waals surface area contributed by atoms with Crippen LogP contribution in [-0.4, -0.2) is 12.7 Å². The fourth-order valence-corrected chi connectivity index (χ4v) is 1.64. The van der Waals surface area contributed by atoms with Crippen LogP contribution in [0.1, 0.15) is 19.3 Å². The van der Waals surface area contributed by atoms with E-state index in [0.29, 0.717) is 6.10 Å². The molecule has 2 heteroatoms. The van der Waals surface area contributed by atoms with Crippen molar-refractivity contribution in [2.45, 2.75) is 25.4 Å². The van der Waals surface area contributed by atoms with Crippen LogP contribution in [0.3, 0.4) is 0 Å². The fourth-order valence-electron chi connectivity index (χ4n) is 1.64. The van der Waals surface area contributed by atoms with Gasteiger partial charge in [0.15, 0.2) is 0 Å². The molecule has 0 spiro atoms. The third-order valence-corrected chi connectivity index (χ3v) is 2.39. The molecule has 0 aromatic heterocycles. The van der Waals surface area contributed by atoms with Gasteiger partial charge in [0.25, 0.3) is 0 Å². The van der Waals surface area contributed by atoms with Crippen LogP contribution in [0, 0.1) is 23.2 Å². The molecule has 2 nitrogen and oxygen atoms in total. The Morgan fingerprint density at radius 3 is 2.70 bits per heavy atom. The van der Waals surface area contributed by atoms with Gasteiger partial charge in [0.2, 0.25) is 0 Å². The highest BCUT2D eigenvalue weighted by Crippen LogP contribution is 2.40. The quantitative estimate of drug-likeness (QED) is 0.546. The van der Waals surface area contributed by atoms with Crippen LogP contribution < -0.4 is 0 Å². The molecular weight excluding hydrogens is 126 g/mol. The smallest absolute Gasteiger partial charge is 0.0762 e. The van der Waals surface area contributed by atoms with Gasteiger partial charge in [0, 0.05) is 6.61 Å². The molecule has 2 aliphatic rings. The van der Waals surface area contributed by atoms with E-state index in [4.69, 9.17) is 10.00 Å². The molecule has 0 amide bonds. The van der Waals surface area contributed by atoms with Crippen LogP contribution in [0.2, 0.25) is 0 Å². The van der Waals surface area contributed by atoms with Gasteiger partial charge in [-0.1, -0.05) is 0 Å². The number of nitriles is 1. The van der Waals surface area contributed by atoms with E-state index >= 15 is 0 Å². The molecule has 1 saturated carbocycles. The molecule has 2 unspecified atom stereocenters. The number of hydrogen-bond acceptors (Lipinski definition) is 2. The Morgan fingerprint density at radius 1 is 1.30 bits per heavy atom. The highest BCUT2D eigenvalue weighted by molar-refractivity contribution is 4.98. The molecule has 0 aromatic rings. The Kier molecular flexibility index (Phi) is 1.39. The van der Waals surface area contributed by atoms with Gasteiger partial charge in [-0.15, -0.1) is 0 Å². The second-order valence-corrected chi connectivity index (χ2v) is 3.20. The second kappa shape index (κ2) is 2.25. The van der Waals surface area contributed by atoms with Crippen LogP contribution in [0.15, 0.2) is 0 Å².